The molecule has 5 nitrogen and oxygen atoms in total. The molecule has 0 aliphatic heterocycles. The van der Waals surface area contributed by atoms with Gasteiger partial charge in [-0.25, -0.2) is 0 Å². The lowest BCUT2D eigenvalue weighted by Crippen LogP contribution is -2.44. The molecule has 0 aromatic carbocycles. The van der Waals surface area contributed by atoms with Gasteiger partial charge < -0.3 is 15.0 Å². The summed E-state index contributed by atoms with van der Waals surface area (Å²) in [7, 11) is 0. The summed E-state index contributed by atoms with van der Waals surface area (Å²) in [5.74, 6) is -0.177. The third-order valence-corrected chi connectivity index (χ3v) is 8.35. The highest BCUT2D eigenvalue weighted by Crippen LogP contribution is 2.64. The smallest absolute Gasteiger partial charge is 0.303 e. The van der Waals surface area contributed by atoms with Crippen molar-refractivity contribution in [3.05, 3.63) is 11.1 Å². The molecule has 0 saturated heterocycles. The first-order valence-electron chi connectivity index (χ1n) is 10.7. The quantitative estimate of drug-likeness (QED) is 0.643. The van der Waals surface area contributed by atoms with E-state index in [1.165, 1.54) is 11.1 Å². The van der Waals surface area contributed by atoms with Gasteiger partial charge in [0.1, 0.15) is 12.4 Å². The topological polar surface area (TPSA) is 91.7 Å². The van der Waals surface area contributed by atoms with Gasteiger partial charge in [0, 0.05) is 18.8 Å². The Labute approximate surface area is 167 Å². The molecule has 3 rings (SSSR count). The van der Waals surface area contributed by atoms with Crippen molar-refractivity contribution < 1.29 is 24.6 Å². The van der Waals surface area contributed by atoms with Crippen LogP contribution in [0.3, 0.4) is 0 Å². The minimum atomic E-state index is -0.786. The summed E-state index contributed by atoms with van der Waals surface area (Å²) in [6.07, 6.45) is 6.66. The third-order valence-electron chi connectivity index (χ3n) is 8.35. The molecule has 0 aromatic rings. The van der Waals surface area contributed by atoms with E-state index in [0.29, 0.717) is 18.8 Å². The molecule has 1 fully saturated rings. The van der Waals surface area contributed by atoms with Crippen molar-refractivity contribution in [2.24, 2.45) is 28.6 Å². The fourth-order valence-electron chi connectivity index (χ4n) is 6.83. The number of rotatable bonds is 7. The highest BCUT2D eigenvalue weighted by Gasteiger charge is 2.55. The van der Waals surface area contributed by atoms with E-state index in [1.54, 1.807) is 6.92 Å². The van der Waals surface area contributed by atoms with Crippen LogP contribution in [0.1, 0.15) is 78.6 Å². The van der Waals surface area contributed by atoms with Crippen LogP contribution in [0, 0.1) is 28.6 Å². The van der Waals surface area contributed by atoms with Gasteiger partial charge in [0.2, 0.25) is 0 Å². The lowest BCUT2D eigenvalue weighted by Gasteiger charge is -2.52. The highest BCUT2D eigenvalue weighted by atomic mass is 16.4. The van der Waals surface area contributed by atoms with E-state index in [1.807, 2.05) is 0 Å². The van der Waals surface area contributed by atoms with Crippen molar-refractivity contribution in [1.29, 1.82) is 0 Å². The van der Waals surface area contributed by atoms with Crippen molar-refractivity contribution in [3.63, 3.8) is 0 Å². The maximum absolute atomic E-state index is 12.3. The summed E-state index contributed by atoms with van der Waals surface area (Å²) in [4.78, 5) is 35.5. The maximum Gasteiger partial charge on any atom is 0.303 e. The van der Waals surface area contributed by atoms with Crippen molar-refractivity contribution >= 4 is 17.5 Å². The molecule has 5 atom stereocenters. The molecule has 0 unspecified atom stereocenters. The number of fused-ring (bicyclic) bond motifs is 2. The summed E-state index contributed by atoms with van der Waals surface area (Å²) >= 11 is 0. The van der Waals surface area contributed by atoms with E-state index in [-0.39, 0.29) is 47.3 Å². The Morgan fingerprint density at radius 1 is 1.11 bits per heavy atom. The monoisotopic (exact) mass is 390 g/mol. The predicted octanol–water partition coefficient (Wildman–Crippen LogP) is 3.93. The zero-order valence-corrected chi connectivity index (χ0v) is 17.4. The molecule has 3 aliphatic carbocycles. The summed E-state index contributed by atoms with van der Waals surface area (Å²) in [5.41, 5.74) is 2.47. The Bertz CT molecular complexity index is 708. The molecule has 0 heterocycles. The number of carbonyl (C=O) groups excluding carboxylic acids is 2. The lowest BCUT2D eigenvalue weighted by molar-refractivity contribution is -0.138. The number of hydrogen-bond acceptors (Lipinski definition) is 4. The minimum absolute atomic E-state index is 0.0343. The van der Waals surface area contributed by atoms with Crippen LogP contribution in [0.5, 0.6) is 0 Å². The van der Waals surface area contributed by atoms with Gasteiger partial charge in [0.25, 0.3) is 0 Å². The first-order valence-corrected chi connectivity index (χ1v) is 10.7. The average Bonchev–Trinajstić information content (AvgIpc) is 2.99. The molecule has 156 valence electrons. The zero-order chi connectivity index (χ0) is 20.7. The second-order valence-electron chi connectivity index (χ2n) is 9.77. The first kappa shape index (κ1) is 21.2. The number of carbonyl (C=O) groups is 3. The van der Waals surface area contributed by atoms with Gasteiger partial charge in [-0.2, -0.15) is 0 Å². The van der Waals surface area contributed by atoms with E-state index < -0.39 is 5.97 Å². The normalized spacial score (nSPS) is 37.4. The van der Waals surface area contributed by atoms with E-state index in [9.17, 15) is 24.6 Å². The predicted molar refractivity (Wildman–Crippen MR) is 106 cm³/mol. The van der Waals surface area contributed by atoms with Crippen LogP contribution in [-0.2, 0) is 14.4 Å². The van der Waals surface area contributed by atoms with E-state index in [0.717, 1.165) is 38.5 Å². The number of aliphatic hydroxyl groups excluding tert-OH is 1. The Hall–Kier alpha value is -1.49. The Morgan fingerprint density at radius 2 is 1.82 bits per heavy atom. The van der Waals surface area contributed by atoms with Gasteiger partial charge in [-0.3, -0.25) is 9.59 Å². The molecule has 3 aliphatic rings. The second kappa shape index (κ2) is 7.74. The Morgan fingerprint density at radius 3 is 2.43 bits per heavy atom. The van der Waals surface area contributed by atoms with Crippen LogP contribution in [0.25, 0.3) is 0 Å². The van der Waals surface area contributed by atoms with E-state index >= 15 is 0 Å². The molecule has 1 saturated carbocycles. The summed E-state index contributed by atoms with van der Waals surface area (Å²) in [6.45, 7) is 5.63. The number of ketones is 2. The highest BCUT2D eigenvalue weighted by molar-refractivity contribution is 5.83. The van der Waals surface area contributed by atoms with Gasteiger partial charge in [-0.05, 0) is 74.5 Å². The van der Waals surface area contributed by atoms with Gasteiger partial charge in [-0.15, -0.1) is 0 Å². The summed E-state index contributed by atoms with van der Waals surface area (Å²) < 4.78 is 0. The third kappa shape index (κ3) is 3.47. The van der Waals surface area contributed by atoms with Gasteiger partial charge in [-0.1, -0.05) is 25.0 Å². The fourth-order valence-corrected chi connectivity index (χ4v) is 6.83. The molecular weight excluding hydrogens is 356 g/mol. The fraction of sp³-hybridized carbons (Fsp3) is 0.783. The number of carboxylic acids is 1. The molecule has 0 spiro atoms. The average molecular weight is 391 g/mol. The van der Waals surface area contributed by atoms with Gasteiger partial charge in [0.05, 0.1) is 0 Å². The summed E-state index contributed by atoms with van der Waals surface area (Å²) in [6, 6.07) is 0. The van der Waals surface area contributed by atoms with Crippen molar-refractivity contribution in [1.82, 2.24) is 0 Å². The SMILES string of the molecule is CC(=O)C[C@@H]1CCC2=C(CC[C@]3(C)[C@@H](C(=O)CO)CC[C@@H]23)[C@@]1(C)CCC(=O)O. The Balaban J connectivity index is 1.98. The molecule has 0 bridgehead atoms. The van der Waals surface area contributed by atoms with Crippen LogP contribution < -0.4 is 0 Å². The van der Waals surface area contributed by atoms with Crippen LogP contribution in [-0.4, -0.2) is 34.4 Å². The van der Waals surface area contributed by atoms with E-state index in [4.69, 9.17) is 0 Å². The van der Waals surface area contributed by atoms with Crippen LogP contribution in [0.4, 0.5) is 0 Å². The van der Waals surface area contributed by atoms with Crippen LogP contribution in [0.2, 0.25) is 0 Å². The maximum atomic E-state index is 12.3. The number of aliphatic hydroxyl groups is 1. The molecule has 5 heteroatoms. The molecule has 2 N–H and O–H groups in total. The number of aliphatic carboxylic acids is 1. The van der Waals surface area contributed by atoms with Crippen molar-refractivity contribution in [2.75, 3.05) is 6.61 Å². The zero-order valence-electron chi connectivity index (χ0n) is 17.4. The molecular formula is C23H34O5. The largest absolute Gasteiger partial charge is 0.481 e. The van der Waals surface area contributed by atoms with Crippen LogP contribution in [0.15, 0.2) is 11.1 Å². The molecule has 0 radical (unpaired) electrons. The number of Topliss-reactive ketones (excluding diaryl/α,β-unsaturated/α-hetero) is 2. The van der Waals surface area contributed by atoms with Gasteiger partial charge >= 0.3 is 5.97 Å². The van der Waals surface area contributed by atoms with Crippen molar-refractivity contribution in [2.45, 2.75) is 78.6 Å². The number of allylic oxidation sites excluding steroid dienone is 2. The van der Waals surface area contributed by atoms with E-state index in [2.05, 4.69) is 13.8 Å². The molecule has 0 amide bonds. The Kier molecular flexibility index (Phi) is 5.86. The summed E-state index contributed by atoms with van der Waals surface area (Å²) in [5, 5.41) is 18.7. The minimum Gasteiger partial charge on any atom is -0.481 e. The van der Waals surface area contributed by atoms with Gasteiger partial charge in [0.15, 0.2) is 5.78 Å². The number of carboxylic acid groups (broad SMARTS) is 1. The van der Waals surface area contributed by atoms with Crippen molar-refractivity contribution in [3.8, 4) is 0 Å². The molecule has 28 heavy (non-hydrogen) atoms. The second-order valence-corrected chi connectivity index (χ2v) is 9.77. The first-order chi connectivity index (χ1) is 13.1. The standard InChI is InChI=1S/C23H34O5/c1-14(25)12-15-4-5-16-17-6-7-19(20(26)13-24)23(17,3)10-8-18(16)22(15,2)11-9-21(27)28/h15,17,19,24H,4-13H2,1-3H3,(H,27,28)/t15-,17-,19+,22-,23-/m0/s1. The lowest BCUT2D eigenvalue weighted by atomic mass is 9.52. The number of hydrogen-bond donors (Lipinski definition) is 2. The molecule has 0 aromatic heterocycles. The van der Waals surface area contributed by atoms with Crippen LogP contribution >= 0.6 is 0 Å².